The van der Waals surface area contributed by atoms with Gasteiger partial charge in [-0.25, -0.2) is 0 Å². The molecule has 3 aromatic rings. The van der Waals surface area contributed by atoms with Crippen molar-refractivity contribution in [1.82, 2.24) is 0 Å². The SMILES string of the molecule is CCOC/C=C/c1ccc(C2=NC(c3ccc(NC(C)C)cc3)=C(c3ccc(CC(C)C)cc3)C2)cc1. The van der Waals surface area contributed by atoms with E-state index in [-0.39, 0.29) is 0 Å². The Labute approximate surface area is 223 Å². The topological polar surface area (TPSA) is 33.6 Å². The number of aliphatic imine (C=N–C) groups is 1. The van der Waals surface area contributed by atoms with E-state index in [1.807, 2.05) is 6.92 Å². The first-order valence-corrected chi connectivity index (χ1v) is 13.5. The van der Waals surface area contributed by atoms with Gasteiger partial charge in [0.05, 0.1) is 18.0 Å². The average Bonchev–Trinajstić information content (AvgIpc) is 3.33. The Morgan fingerprint density at radius 2 is 1.49 bits per heavy atom. The molecule has 3 aromatic carbocycles. The number of nitrogens with zero attached hydrogens (tertiary/aromatic N) is 1. The van der Waals surface area contributed by atoms with Gasteiger partial charge in [-0.05, 0) is 73.1 Å². The fraction of sp³-hybridized carbons (Fsp3) is 0.324. The lowest BCUT2D eigenvalue weighted by Gasteiger charge is -2.12. The lowest BCUT2D eigenvalue weighted by atomic mass is 9.94. The lowest BCUT2D eigenvalue weighted by Crippen LogP contribution is -2.09. The molecule has 1 aliphatic heterocycles. The quantitative estimate of drug-likeness (QED) is 0.272. The number of rotatable bonds is 11. The van der Waals surface area contributed by atoms with Crippen LogP contribution in [0.5, 0.6) is 0 Å². The van der Waals surface area contributed by atoms with Gasteiger partial charge in [0.15, 0.2) is 0 Å². The van der Waals surface area contributed by atoms with Gasteiger partial charge >= 0.3 is 0 Å². The van der Waals surface area contributed by atoms with E-state index in [0.717, 1.165) is 42.1 Å². The molecule has 0 saturated heterocycles. The molecule has 0 fully saturated rings. The molecule has 192 valence electrons. The molecule has 1 N–H and O–H groups in total. The highest BCUT2D eigenvalue weighted by molar-refractivity contribution is 6.16. The van der Waals surface area contributed by atoms with Gasteiger partial charge in [0.2, 0.25) is 0 Å². The Kier molecular flexibility index (Phi) is 9.14. The number of hydrogen-bond donors (Lipinski definition) is 1. The van der Waals surface area contributed by atoms with Crippen molar-refractivity contribution in [3.8, 4) is 0 Å². The van der Waals surface area contributed by atoms with Gasteiger partial charge in [0.25, 0.3) is 0 Å². The fourth-order valence-electron chi connectivity index (χ4n) is 4.67. The minimum absolute atomic E-state index is 0.401. The van der Waals surface area contributed by atoms with Crippen molar-refractivity contribution in [1.29, 1.82) is 0 Å². The summed E-state index contributed by atoms with van der Waals surface area (Å²) >= 11 is 0. The maximum atomic E-state index is 5.40. The van der Waals surface area contributed by atoms with E-state index < -0.39 is 0 Å². The van der Waals surface area contributed by atoms with E-state index in [2.05, 4.69) is 118 Å². The van der Waals surface area contributed by atoms with Crippen LogP contribution in [0.4, 0.5) is 5.69 Å². The third-order valence-electron chi connectivity index (χ3n) is 6.41. The normalized spacial score (nSPS) is 13.8. The molecule has 0 unspecified atom stereocenters. The van der Waals surface area contributed by atoms with Crippen molar-refractivity contribution in [2.75, 3.05) is 18.5 Å². The molecule has 4 rings (SSSR count). The number of ether oxygens (including phenoxy) is 1. The van der Waals surface area contributed by atoms with Crippen molar-refractivity contribution in [2.24, 2.45) is 10.9 Å². The fourth-order valence-corrected chi connectivity index (χ4v) is 4.67. The first kappa shape index (κ1) is 26.6. The van der Waals surface area contributed by atoms with Gasteiger partial charge in [0, 0.05) is 30.3 Å². The summed E-state index contributed by atoms with van der Waals surface area (Å²) in [6.07, 6.45) is 6.09. The lowest BCUT2D eigenvalue weighted by molar-refractivity contribution is 0.178. The number of anilines is 1. The molecule has 1 aliphatic rings. The van der Waals surface area contributed by atoms with Gasteiger partial charge < -0.3 is 10.1 Å². The minimum Gasteiger partial charge on any atom is -0.383 e. The molecule has 37 heavy (non-hydrogen) atoms. The van der Waals surface area contributed by atoms with Crippen molar-refractivity contribution >= 4 is 28.7 Å². The molecule has 0 saturated carbocycles. The molecule has 0 bridgehead atoms. The van der Waals surface area contributed by atoms with Crippen LogP contribution < -0.4 is 5.32 Å². The zero-order chi connectivity index (χ0) is 26.2. The zero-order valence-electron chi connectivity index (χ0n) is 22.9. The first-order valence-electron chi connectivity index (χ1n) is 13.5. The van der Waals surface area contributed by atoms with Crippen LogP contribution in [-0.4, -0.2) is 25.0 Å². The molecular weight excluding hydrogens is 452 g/mol. The molecule has 1 heterocycles. The summed E-state index contributed by atoms with van der Waals surface area (Å²) in [5, 5.41) is 3.48. The Balaban J connectivity index is 1.62. The van der Waals surface area contributed by atoms with Crippen molar-refractivity contribution in [2.45, 2.75) is 53.5 Å². The second kappa shape index (κ2) is 12.7. The first-order chi connectivity index (χ1) is 17.9. The summed E-state index contributed by atoms with van der Waals surface area (Å²) in [5.74, 6) is 0.650. The molecule has 0 amide bonds. The number of allylic oxidation sites excluding steroid dienone is 1. The maximum Gasteiger partial charge on any atom is 0.0747 e. The molecule has 0 aliphatic carbocycles. The molecular formula is C34H40N2O. The Morgan fingerprint density at radius 1 is 0.838 bits per heavy atom. The van der Waals surface area contributed by atoms with Crippen molar-refractivity contribution in [3.63, 3.8) is 0 Å². The third kappa shape index (κ3) is 7.30. The van der Waals surface area contributed by atoms with E-state index in [1.165, 1.54) is 27.8 Å². The standard InChI is InChI=1S/C34H40N2O/c1-6-37-21-7-8-26-9-15-29(16-10-26)33-23-32(28-13-11-27(12-14-28)22-24(2)3)34(36-33)30-17-19-31(20-18-30)35-25(4)5/h7-20,24-25,35H,6,21-23H2,1-5H3/b8-7+. The zero-order valence-corrected chi connectivity index (χ0v) is 22.9. The summed E-state index contributed by atoms with van der Waals surface area (Å²) in [6, 6.07) is 26.9. The monoisotopic (exact) mass is 492 g/mol. The largest absolute Gasteiger partial charge is 0.383 e. The predicted octanol–water partition coefficient (Wildman–Crippen LogP) is 8.52. The summed E-state index contributed by atoms with van der Waals surface area (Å²) in [7, 11) is 0. The highest BCUT2D eigenvalue weighted by atomic mass is 16.5. The van der Waals surface area contributed by atoms with Crippen LogP contribution in [0.25, 0.3) is 17.3 Å². The van der Waals surface area contributed by atoms with Crippen LogP contribution in [0.2, 0.25) is 0 Å². The van der Waals surface area contributed by atoms with E-state index in [0.29, 0.717) is 18.6 Å². The molecule has 0 radical (unpaired) electrons. The van der Waals surface area contributed by atoms with Crippen LogP contribution in [0.1, 0.15) is 68.9 Å². The van der Waals surface area contributed by atoms with Gasteiger partial charge in [-0.2, -0.15) is 0 Å². The smallest absolute Gasteiger partial charge is 0.0747 e. The van der Waals surface area contributed by atoms with Crippen molar-refractivity contribution in [3.05, 3.63) is 107 Å². The minimum atomic E-state index is 0.401. The average molecular weight is 493 g/mol. The van der Waals surface area contributed by atoms with E-state index in [1.54, 1.807) is 0 Å². The van der Waals surface area contributed by atoms with Gasteiger partial charge in [0.1, 0.15) is 0 Å². The Hall–Kier alpha value is -3.43. The maximum absolute atomic E-state index is 5.40. The second-order valence-electron chi connectivity index (χ2n) is 10.4. The van der Waals surface area contributed by atoms with Crippen LogP contribution in [-0.2, 0) is 11.2 Å². The predicted molar refractivity (Wildman–Crippen MR) is 160 cm³/mol. The molecule has 3 heteroatoms. The second-order valence-corrected chi connectivity index (χ2v) is 10.4. The van der Waals surface area contributed by atoms with Gasteiger partial charge in [-0.1, -0.05) is 86.7 Å². The Morgan fingerprint density at radius 3 is 2.11 bits per heavy atom. The number of hydrogen-bond acceptors (Lipinski definition) is 3. The summed E-state index contributed by atoms with van der Waals surface area (Å²) in [5.41, 5.74) is 10.7. The van der Waals surface area contributed by atoms with Gasteiger partial charge in [-0.15, -0.1) is 0 Å². The van der Waals surface area contributed by atoms with Crippen molar-refractivity contribution < 1.29 is 4.74 Å². The summed E-state index contributed by atoms with van der Waals surface area (Å²) in [6.45, 7) is 12.2. The molecule has 0 aromatic heterocycles. The molecule has 0 spiro atoms. The number of benzene rings is 3. The molecule has 0 atom stereocenters. The van der Waals surface area contributed by atoms with Crippen LogP contribution in [0.3, 0.4) is 0 Å². The summed E-state index contributed by atoms with van der Waals surface area (Å²) in [4.78, 5) is 5.20. The highest BCUT2D eigenvalue weighted by Crippen LogP contribution is 2.37. The highest BCUT2D eigenvalue weighted by Gasteiger charge is 2.22. The van der Waals surface area contributed by atoms with Gasteiger partial charge in [-0.3, -0.25) is 4.99 Å². The van der Waals surface area contributed by atoms with Crippen LogP contribution in [0.15, 0.2) is 83.9 Å². The van der Waals surface area contributed by atoms with E-state index >= 15 is 0 Å². The molecule has 3 nitrogen and oxygen atoms in total. The van der Waals surface area contributed by atoms with Crippen LogP contribution in [0, 0.1) is 5.92 Å². The third-order valence-corrected chi connectivity index (χ3v) is 6.41. The summed E-state index contributed by atoms with van der Waals surface area (Å²) < 4.78 is 5.40. The number of nitrogens with one attached hydrogen (secondary N) is 1. The Bertz CT molecular complexity index is 1240. The van der Waals surface area contributed by atoms with E-state index in [9.17, 15) is 0 Å². The van der Waals surface area contributed by atoms with E-state index in [4.69, 9.17) is 9.73 Å². The van der Waals surface area contributed by atoms with Crippen LogP contribution >= 0.6 is 0 Å².